The minimum atomic E-state index is -0.0275. The lowest BCUT2D eigenvalue weighted by Crippen LogP contribution is -2.15. The van der Waals surface area contributed by atoms with E-state index in [2.05, 4.69) is 35.7 Å². The second kappa shape index (κ2) is 9.80. The van der Waals surface area contributed by atoms with E-state index in [1.807, 2.05) is 43.3 Å². The van der Waals surface area contributed by atoms with Gasteiger partial charge in [-0.25, -0.2) is 4.98 Å². The molecule has 0 bridgehead atoms. The number of thioether (sulfide) groups is 1. The van der Waals surface area contributed by atoms with E-state index in [4.69, 9.17) is 4.98 Å². The van der Waals surface area contributed by atoms with E-state index >= 15 is 0 Å². The van der Waals surface area contributed by atoms with Crippen LogP contribution in [0.1, 0.15) is 46.7 Å². The van der Waals surface area contributed by atoms with Crippen LogP contribution in [0.15, 0.2) is 65.7 Å². The van der Waals surface area contributed by atoms with Crippen molar-refractivity contribution in [1.29, 1.82) is 5.26 Å². The van der Waals surface area contributed by atoms with E-state index in [1.54, 1.807) is 0 Å². The summed E-state index contributed by atoms with van der Waals surface area (Å²) in [6.07, 6.45) is 3.28. The molecule has 1 atom stereocenters. The van der Waals surface area contributed by atoms with Gasteiger partial charge in [0.05, 0.1) is 5.56 Å². The molecule has 1 heterocycles. The molecule has 0 saturated carbocycles. The SMILES string of the molecule is Cc1cccc(NC(=O)CCSc2nc3c(cc2C#N)CC(c2ccccc2)CC3)c1. The number of amides is 1. The van der Waals surface area contributed by atoms with Crippen LogP contribution in [0.25, 0.3) is 0 Å². The highest BCUT2D eigenvalue weighted by atomic mass is 32.2. The summed E-state index contributed by atoms with van der Waals surface area (Å²) in [6, 6.07) is 22.6. The van der Waals surface area contributed by atoms with Crippen molar-refractivity contribution in [3.05, 3.63) is 88.6 Å². The van der Waals surface area contributed by atoms with Crippen LogP contribution in [0.5, 0.6) is 0 Å². The molecule has 1 unspecified atom stereocenters. The fraction of sp³-hybridized carbons (Fsp3) is 0.269. The number of benzene rings is 2. The van der Waals surface area contributed by atoms with Crippen LogP contribution < -0.4 is 5.32 Å². The van der Waals surface area contributed by atoms with E-state index in [-0.39, 0.29) is 5.91 Å². The normalized spacial score (nSPS) is 15.0. The maximum atomic E-state index is 12.3. The molecule has 0 aliphatic heterocycles. The maximum Gasteiger partial charge on any atom is 0.225 e. The second-order valence-corrected chi connectivity index (χ2v) is 9.01. The third kappa shape index (κ3) is 5.34. The number of nitrogens with one attached hydrogen (secondary N) is 1. The van der Waals surface area contributed by atoms with Crippen LogP contribution in [-0.4, -0.2) is 16.6 Å². The smallest absolute Gasteiger partial charge is 0.225 e. The van der Waals surface area contributed by atoms with Crippen LogP contribution in [0.4, 0.5) is 5.69 Å². The zero-order valence-electron chi connectivity index (χ0n) is 17.6. The molecule has 4 nitrogen and oxygen atoms in total. The van der Waals surface area contributed by atoms with Gasteiger partial charge in [-0.3, -0.25) is 4.79 Å². The number of rotatable bonds is 6. The molecule has 4 rings (SSSR count). The maximum absolute atomic E-state index is 12.3. The highest BCUT2D eigenvalue weighted by Gasteiger charge is 2.23. The number of hydrogen-bond donors (Lipinski definition) is 1. The Hall–Kier alpha value is -3.10. The first-order valence-electron chi connectivity index (χ1n) is 10.6. The topological polar surface area (TPSA) is 65.8 Å². The van der Waals surface area contributed by atoms with E-state index in [0.29, 0.717) is 23.7 Å². The fourth-order valence-electron chi connectivity index (χ4n) is 4.03. The summed E-state index contributed by atoms with van der Waals surface area (Å²) in [5, 5.41) is 13.3. The zero-order chi connectivity index (χ0) is 21.6. The van der Waals surface area contributed by atoms with Gasteiger partial charge in [0.1, 0.15) is 11.1 Å². The van der Waals surface area contributed by atoms with Crippen molar-refractivity contribution < 1.29 is 4.79 Å². The molecule has 1 aliphatic carbocycles. The van der Waals surface area contributed by atoms with Crippen LogP contribution >= 0.6 is 11.8 Å². The summed E-state index contributed by atoms with van der Waals surface area (Å²) >= 11 is 1.49. The fourth-order valence-corrected chi connectivity index (χ4v) is 4.95. The summed E-state index contributed by atoms with van der Waals surface area (Å²) in [5.74, 6) is 1.04. The number of hydrogen-bond acceptors (Lipinski definition) is 4. The Morgan fingerprint density at radius 2 is 2.03 bits per heavy atom. The molecule has 0 fully saturated rings. The van der Waals surface area contributed by atoms with Gasteiger partial charge >= 0.3 is 0 Å². The van der Waals surface area contributed by atoms with Gasteiger partial charge in [-0.2, -0.15) is 5.26 Å². The highest BCUT2D eigenvalue weighted by molar-refractivity contribution is 7.99. The van der Waals surface area contributed by atoms with Gasteiger partial charge < -0.3 is 5.32 Å². The van der Waals surface area contributed by atoms with Gasteiger partial charge in [0, 0.05) is 23.6 Å². The van der Waals surface area contributed by atoms with Crippen molar-refractivity contribution in [2.24, 2.45) is 0 Å². The molecule has 0 saturated heterocycles. The zero-order valence-corrected chi connectivity index (χ0v) is 18.4. The molecule has 156 valence electrons. The lowest BCUT2D eigenvalue weighted by Gasteiger charge is -2.25. The Labute approximate surface area is 187 Å². The lowest BCUT2D eigenvalue weighted by atomic mass is 9.82. The van der Waals surface area contributed by atoms with E-state index in [0.717, 1.165) is 41.2 Å². The van der Waals surface area contributed by atoms with Crippen molar-refractivity contribution in [2.75, 3.05) is 11.1 Å². The van der Waals surface area contributed by atoms with Crippen LogP contribution in [-0.2, 0) is 17.6 Å². The number of aromatic nitrogens is 1. The summed E-state index contributed by atoms with van der Waals surface area (Å²) in [4.78, 5) is 17.1. The van der Waals surface area contributed by atoms with Crippen LogP contribution in [0.3, 0.4) is 0 Å². The standard InChI is InChI=1S/C26H25N3OS/c1-18-6-5-9-23(14-18)28-25(30)12-13-31-26-22(17-27)16-21-15-20(10-11-24(21)29-26)19-7-3-2-4-8-19/h2-9,14,16,20H,10-13,15H2,1H3,(H,28,30). The van der Waals surface area contributed by atoms with Crippen LogP contribution in [0, 0.1) is 18.3 Å². The molecule has 5 heteroatoms. The Balaban J connectivity index is 1.38. The number of fused-ring (bicyclic) bond motifs is 1. The number of carbonyl (C=O) groups is 1. The van der Waals surface area contributed by atoms with E-state index in [9.17, 15) is 10.1 Å². The summed E-state index contributed by atoms with van der Waals surface area (Å²) in [6.45, 7) is 2.00. The van der Waals surface area contributed by atoms with Crippen molar-refractivity contribution >= 4 is 23.4 Å². The predicted molar refractivity (Wildman–Crippen MR) is 125 cm³/mol. The molecular weight excluding hydrogens is 402 g/mol. The monoisotopic (exact) mass is 427 g/mol. The number of anilines is 1. The first-order chi connectivity index (χ1) is 15.1. The first kappa shape index (κ1) is 21.1. The van der Waals surface area contributed by atoms with Gasteiger partial charge in [-0.05, 0) is 67.0 Å². The first-order valence-corrected chi connectivity index (χ1v) is 11.6. The molecule has 0 spiro atoms. The minimum absolute atomic E-state index is 0.0275. The van der Waals surface area contributed by atoms with Crippen molar-refractivity contribution in [3.8, 4) is 6.07 Å². The number of nitriles is 1. The number of aryl methyl sites for hydroxylation is 2. The quantitative estimate of drug-likeness (QED) is 0.516. The minimum Gasteiger partial charge on any atom is -0.326 e. The Kier molecular flexibility index (Phi) is 6.69. The lowest BCUT2D eigenvalue weighted by molar-refractivity contribution is -0.115. The average molecular weight is 428 g/mol. The second-order valence-electron chi connectivity index (χ2n) is 7.93. The number of carbonyl (C=O) groups excluding carboxylic acids is 1. The molecule has 3 aromatic rings. The Bertz CT molecular complexity index is 1120. The Morgan fingerprint density at radius 1 is 1.19 bits per heavy atom. The van der Waals surface area contributed by atoms with Gasteiger partial charge in [0.2, 0.25) is 5.91 Å². The molecule has 1 N–H and O–H groups in total. The molecule has 0 radical (unpaired) electrons. The molecule has 1 aromatic heterocycles. The van der Waals surface area contributed by atoms with E-state index < -0.39 is 0 Å². The predicted octanol–water partition coefficient (Wildman–Crippen LogP) is 5.66. The average Bonchev–Trinajstić information content (AvgIpc) is 2.79. The van der Waals surface area contributed by atoms with Crippen molar-refractivity contribution in [3.63, 3.8) is 0 Å². The molecule has 1 aliphatic rings. The molecule has 31 heavy (non-hydrogen) atoms. The summed E-state index contributed by atoms with van der Waals surface area (Å²) < 4.78 is 0. The van der Waals surface area contributed by atoms with Crippen molar-refractivity contribution in [2.45, 2.75) is 43.6 Å². The van der Waals surface area contributed by atoms with Crippen molar-refractivity contribution in [1.82, 2.24) is 4.98 Å². The van der Waals surface area contributed by atoms with E-state index in [1.165, 1.54) is 22.9 Å². The van der Waals surface area contributed by atoms with Gasteiger partial charge in [-0.1, -0.05) is 42.5 Å². The summed E-state index contributed by atoms with van der Waals surface area (Å²) in [7, 11) is 0. The molecule has 2 aromatic carbocycles. The number of nitrogens with zero attached hydrogens (tertiary/aromatic N) is 2. The molecular formula is C26H25N3OS. The third-order valence-corrected chi connectivity index (χ3v) is 6.61. The van der Waals surface area contributed by atoms with Gasteiger partial charge in [0.15, 0.2) is 0 Å². The Morgan fingerprint density at radius 3 is 2.81 bits per heavy atom. The number of pyridine rings is 1. The largest absolute Gasteiger partial charge is 0.326 e. The third-order valence-electron chi connectivity index (χ3n) is 5.61. The van der Waals surface area contributed by atoms with Crippen LogP contribution in [0.2, 0.25) is 0 Å². The summed E-state index contributed by atoms with van der Waals surface area (Å²) in [5.41, 5.74) is 6.16. The highest BCUT2D eigenvalue weighted by Crippen LogP contribution is 2.34. The van der Waals surface area contributed by atoms with Gasteiger partial charge in [0.25, 0.3) is 0 Å². The van der Waals surface area contributed by atoms with Gasteiger partial charge in [-0.15, -0.1) is 11.8 Å². The molecule has 1 amide bonds.